The van der Waals surface area contributed by atoms with E-state index >= 15 is 0 Å². The van der Waals surface area contributed by atoms with Crippen molar-refractivity contribution in [2.45, 2.75) is 47.1 Å². The van der Waals surface area contributed by atoms with Crippen molar-refractivity contribution in [3.05, 3.63) is 17.5 Å². The van der Waals surface area contributed by atoms with Gasteiger partial charge in [0.05, 0.1) is 5.69 Å². The van der Waals surface area contributed by atoms with Gasteiger partial charge in [-0.15, -0.1) is 0 Å². The van der Waals surface area contributed by atoms with Crippen LogP contribution in [0.1, 0.15) is 52.0 Å². The number of nitrogens with zero attached hydrogens (tertiary/aromatic N) is 4. The number of guanidine groups is 1. The second-order valence-electron chi connectivity index (χ2n) is 7.79. The predicted molar refractivity (Wildman–Crippen MR) is 111 cm³/mol. The summed E-state index contributed by atoms with van der Waals surface area (Å²) in [4.78, 5) is 9.73. The van der Waals surface area contributed by atoms with Crippen LogP contribution < -0.4 is 10.6 Å². The van der Waals surface area contributed by atoms with Gasteiger partial charge >= 0.3 is 0 Å². The van der Waals surface area contributed by atoms with E-state index in [1.54, 1.807) is 0 Å². The molecule has 154 valence electrons. The first-order valence-corrected chi connectivity index (χ1v) is 10.4. The van der Waals surface area contributed by atoms with E-state index in [9.17, 15) is 0 Å². The highest BCUT2D eigenvalue weighted by molar-refractivity contribution is 5.79. The molecule has 0 radical (unpaired) electrons. The fraction of sp³-hybridized carbons (Fsp3) is 0.800. The van der Waals surface area contributed by atoms with Gasteiger partial charge in [-0.2, -0.15) is 0 Å². The van der Waals surface area contributed by atoms with Crippen LogP contribution in [-0.4, -0.2) is 73.3 Å². The van der Waals surface area contributed by atoms with Gasteiger partial charge in [0.15, 0.2) is 11.7 Å². The Morgan fingerprint density at radius 3 is 2.44 bits per heavy atom. The Kier molecular flexibility index (Phi) is 9.07. The third kappa shape index (κ3) is 7.50. The number of hydrogen-bond acceptors (Lipinski definition) is 5. The van der Waals surface area contributed by atoms with E-state index in [1.165, 1.54) is 26.2 Å². The topological polar surface area (TPSA) is 68.9 Å². The molecule has 7 nitrogen and oxygen atoms in total. The van der Waals surface area contributed by atoms with E-state index in [0.717, 1.165) is 43.6 Å². The number of aliphatic imine (C=N–C) groups is 1. The first-order valence-electron chi connectivity index (χ1n) is 10.4. The molecule has 0 aliphatic carbocycles. The van der Waals surface area contributed by atoms with E-state index in [2.05, 4.69) is 65.2 Å². The molecule has 0 bridgehead atoms. The molecular weight excluding hydrogens is 340 g/mol. The van der Waals surface area contributed by atoms with Crippen LogP contribution in [0.25, 0.3) is 0 Å². The molecule has 1 aromatic heterocycles. The summed E-state index contributed by atoms with van der Waals surface area (Å²) in [5, 5.41) is 10.9. The average molecular weight is 379 g/mol. The molecule has 1 aliphatic heterocycles. The molecule has 27 heavy (non-hydrogen) atoms. The third-order valence-corrected chi connectivity index (χ3v) is 5.01. The zero-order valence-corrected chi connectivity index (χ0v) is 17.8. The first-order chi connectivity index (χ1) is 13.0. The summed E-state index contributed by atoms with van der Waals surface area (Å²) in [6.45, 7) is 20.1. The van der Waals surface area contributed by atoms with Gasteiger partial charge in [0.1, 0.15) is 6.54 Å². The van der Waals surface area contributed by atoms with Crippen LogP contribution in [0.4, 0.5) is 0 Å². The van der Waals surface area contributed by atoms with Gasteiger partial charge in [-0.1, -0.05) is 32.9 Å². The lowest BCUT2D eigenvalue weighted by Gasteiger charge is -2.35. The van der Waals surface area contributed by atoms with E-state index in [0.29, 0.717) is 18.4 Å². The summed E-state index contributed by atoms with van der Waals surface area (Å²) < 4.78 is 5.38. The molecule has 1 atom stereocenters. The monoisotopic (exact) mass is 378 g/mol. The van der Waals surface area contributed by atoms with Crippen molar-refractivity contribution in [1.29, 1.82) is 0 Å². The van der Waals surface area contributed by atoms with Gasteiger partial charge in [-0.05, 0) is 25.3 Å². The highest BCUT2D eigenvalue weighted by Crippen LogP contribution is 2.14. The minimum absolute atomic E-state index is 0.373. The van der Waals surface area contributed by atoms with Crippen molar-refractivity contribution < 1.29 is 4.52 Å². The number of piperazine rings is 1. The van der Waals surface area contributed by atoms with Crippen molar-refractivity contribution in [3.8, 4) is 0 Å². The maximum absolute atomic E-state index is 5.38. The lowest BCUT2D eigenvalue weighted by atomic mass is 10.1. The van der Waals surface area contributed by atoms with Gasteiger partial charge in [-0.25, -0.2) is 4.99 Å². The van der Waals surface area contributed by atoms with Crippen molar-refractivity contribution in [2.24, 2.45) is 10.9 Å². The fourth-order valence-electron chi connectivity index (χ4n) is 3.24. The van der Waals surface area contributed by atoms with Crippen LogP contribution in [0.15, 0.2) is 15.6 Å². The number of rotatable bonds is 9. The van der Waals surface area contributed by atoms with E-state index in [-0.39, 0.29) is 0 Å². The number of likely N-dealkylation sites (N-methyl/N-ethyl adjacent to an activating group) is 1. The van der Waals surface area contributed by atoms with Crippen molar-refractivity contribution >= 4 is 5.96 Å². The molecule has 7 heteroatoms. The fourth-order valence-corrected chi connectivity index (χ4v) is 3.24. The van der Waals surface area contributed by atoms with Gasteiger partial charge in [0.25, 0.3) is 0 Å². The number of aromatic nitrogens is 1. The number of nitrogens with one attached hydrogen (secondary N) is 2. The van der Waals surface area contributed by atoms with Crippen molar-refractivity contribution in [3.63, 3.8) is 0 Å². The maximum Gasteiger partial charge on any atom is 0.191 e. The first kappa shape index (κ1) is 21.7. The highest BCUT2D eigenvalue weighted by Gasteiger charge is 2.17. The Morgan fingerprint density at radius 2 is 1.85 bits per heavy atom. The van der Waals surface area contributed by atoms with Gasteiger partial charge < -0.3 is 25.0 Å². The van der Waals surface area contributed by atoms with Gasteiger partial charge in [0, 0.05) is 51.9 Å². The summed E-state index contributed by atoms with van der Waals surface area (Å²) in [6.07, 6.45) is 0. The molecule has 1 fully saturated rings. The Bertz CT molecular complexity index is 563. The molecule has 1 aromatic rings. The predicted octanol–water partition coefficient (Wildman–Crippen LogP) is 2.13. The minimum Gasteiger partial charge on any atom is -0.359 e. The standard InChI is InChI=1S/C20H38N6O/c1-6-21-20(23-14-18-12-19(16(3)4)24-27-18)22-13-17(5)15-26-10-8-25(7-2)9-11-26/h12,16-17H,6-11,13-15H2,1-5H3,(H2,21,22,23). The lowest BCUT2D eigenvalue weighted by Crippen LogP contribution is -2.48. The Morgan fingerprint density at radius 1 is 1.15 bits per heavy atom. The molecule has 0 saturated carbocycles. The third-order valence-electron chi connectivity index (χ3n) is 5.01. The van der Waals surface area contributed by atoms with E-state index in [1.807, 2.05) is 6.07 Å². The van der Waals surface area contributed by atoms with Crippen LogP contribution in [0.3, 0.4) is 0 Å². The zero-order chi connectivity index (χ0) is 19.6. The quantitative estimate of drug-likeness (QED) is 0.507. The van der Waals surface area contributed by atoms with Gasteiger partial charge in [0.2, 0.25) is 0 Å². The smallest absolute Gasteiger partial charge is 0.191 e. The van der Waals surface area contributed by atoms with Crippen molar-refractivity contribution in [2.75, 3.05) is 52.4 Å². The second kappa shape index (κ2) is 11.3. The molecule has 0 amide bonds. The van der Waals surface area contributed by atoms with Crippen LogP contribution in [0, 0.1) is 5.92 Å². The average Bonchev–Trinajstić information content (AvgIpc) is 3.14. The Hall–Kier alpha value is -1.60. The summed E-state index contributed by atoms with van der Waals surface area (Å²) in [7, 11) is 0. The highest BCUT2D eigenvalue weighted by atomic mass is 16.5. The summed E-state index contributed by atoms with van der Waals surface area (Å²) in [5.41, 5.74) is 0.981. The molecular formula is C20H38N6O. The molecule has 0 aromatic carbocycles. The van der Waals surface area contributed by atoms with Crippen LogP contribution in [0.5, 0.6) is 0 Å². The van der Waals surface area contributed by atoms with E-state index < -0.39 is 0 Å². The summed E-state index contributed by atoms with van der Waals surface area (Å²) in [5.74, 6) is 2.58. The largest absolute Gasteiger partial charge is 0.359 e. The van der Waals surface area contributed by atoms with E-state index in [4.69, 9.17) is 4.52 Å². The zero-order valence-electron chi connectivity index (χ0n) is 17.8. The Labute approximate surface area is 164 Å². The minimum atomic E-state index is 0.373. The summed E-state index contributed by atoms with van der Waals surface area (Å²) >= 11 is 0. The Balaban J connectivity index is 1.77. The van der Waals surface area contributed by atoms with Crippen LogP contribution in [0.2, 0.25) is 0 Å². The maximum atomic E-state index is 5.38. The molecule has 2 heterocycles. The number of hydrogen-bond donors (Lipinski definition) is 2. The van der Waals surface area contributed by atoms with Crippen LogP contribution in [-0.2, 0) is 6.54 Å². The normalized spacial score (nSPS) is 18.1. The molecule has 1 aliphatic rings. The second-order valence-corrected chi connectivity index (χ2v) is 7.79. The van der Waals surface area contributed by atoms with Crippen molar-refractivity contribution in [1.82, 2.24) is 25.6 Å². The molecule has 1 unspecified atom stereocenters. The summed E-state index contributed by atoms with van der Waals surface area (Å²) in [6, 6.07) is 2.00. The molecule has 0 spiro atoms. The molecule has 2 N–H and O–H groups in total. The molecule has 2 rings (SSSR count). The van der Waals surface area contributed by atoms with Gasteiger partial charge in [-0.3, -0.25) is 0 Å². The SMILES string of the molecule is CCNC(=NCc1cc(C(C)C)no1)NCC(C)CN1CCN(CC)CC1. The van der Waals surface area contributed by atoms with Crippen LogP contribution >= 0.6 is 0 Å². The molecule has 1 saturated heterocycles. The lowest BCUT2D eigenvalue weighted by molar-refractivity contribution is 0.124.